The van der Waals surface area contributed by atoms with Gasteiger partial charge in [-0.3, -0.25) is 9.59 Å². The topological polar surface area (TPSA) is 115 Å². The summed E-state index contributed by atoms with van der Waals surface area (Å²) in [6.07, 6.45) is 5.07. The molecule has 0 atom stereocenters. The summed E-state index contributed by atoms with van der Waals surface area (Å²) in [4.78, 5) is 27.0. The number of carbonyl (C=O) groups excluding carboxylic acids is 2. The van der Waals surface area contributed by atoms with Crippen LogP contribution in [-0.4, -0.2) is 55.7 Å². The first kappa shape index (κ1) is 20.3. The standard InChI is InChI=1S/C23H23N3O5/c27-19-13-16(14-20(28)21(19)29)22(30)24-17-7-11-26(12-8-17)23(31)15-3-5-18(6-4-15)25-9-1-2-10-25/h1-6,9-10,13-14,17,27-29H,7-8,11-12H2,(H,24,30). The summed E-state index contributed by atoms with van der Waals surface area (Å²) in [5, 5.41) is 31.4. The molecule has 1 aromatic heterocycles. The molecule has 4 rings (SSSR count). The highest BCUT2D eigenvalue weighted by molar-refractivity contribution is 5.96. The zero-order chi connectivity index (χ0) is 22.0. The molecule has 0 bridgehead atoms. The molecule has 2 amide bonds. The number of aromatic hydroxyl groups is 3. The molecule has 8 nitrogen and oxygen atoms in total. The molecule has 1 fully saturated rings. The number of amides is 2. The molecule has 3 aromatic rings. The van der Waals surface area contributed by atoms with Crippen LogP contribution in [0.3, 0.4) is 0 Å². The van der Waals surface area contributed by atoms with Crippen molar-refractivity contribution in [3.05, 3.63) is 72.1 Å². The smallest absolute Gasteiger partial charge is 0.253 e. The average Bonchev–Trinajstić information content (AvgIpc) is 3.32. The van der Waals surface area contributed by atoms with E-state index in [2.05, 4.69) is 5.32 Å². The van der Waals surface area contributed by atoms with E-state index >= 15 is 0 Å². The fourth-order valence-corrected chi connectivity index (χ4v) is 3.70. The summed E-state index contributed by atoms with van der Waals surface area (Å²) in [7, 11) is 0. The Labute approximate surface area is 179 Å². The summed E-state index contributed by atoms with van der Waals surface area (Å²) in [6, 6.07) is 13.4. The Morgan fingerprint density at radius 2 is 1.45 bits per heavy atom. The number of phenolic OH excluding ortho intramolecular Hbond substituents is 3. The van der Waals surface area contributed by atoms with E-state index < -0.39 is 23.2 Å². The third-order valence-electron chi connectivity index (χ3n) is 5.47. The lowest BCUT2D eigenvalue weighted by molar-refractivity contribution is 0.0698. The second kappa shape index (κ2) is 8.43. The summed E-state index contributed by atoms with van der Waals surface area (Å²) < 4.78 is 1.97. The summed E-state index contributed by atoms with van der Waals surface area (Å²) >= 11 is 0. The summed E-state index contributed by atoms with van der Waals surface area (Å²) in [5.41, 5.74) is 1.65. The molecule has 0 unspecified atom stereocenters. The van der Waals surface area contributed by atoms with Crippen molar-refractivity contribution in [1.82, 2.24) is 14.8 Å². The van der Waals surface area contributed by atoms with Crippen LogP contribution < -0.4 is 5.32 Å². The second-order valence-electron chi connectivity index (χ2n) is 7.54. The number of likely N-dealkylation sites (tertiary alicyclic amines) is 1. The van der Waals surface area contributed by atoms with Crippen LogP contribution in [0.1, 0.15) is 33.6 Å². The predicted octanol–water partition coefficient (Wildman–Crippen LogP) is 2.63. The van der Waals surface area contributed by atoms with E-state index in [0.29, 0.717) is 31.5 Å². The van der Waals surface area contributed by atoms with E-state index in [-0.39, 0.29) is 17.5 Å². The normalized spacial score (nSPS) is 14.4. The minimum absolute atomic E-state index is 0.0442. The minimum Gasteiger partial charge on any atom is -0.504 e. The number of rotatable bonds is 4. The zero-order valence-corrected chi connectivity index (χ0v) is 16.7. The Balaban J connectivity index is 1.33. The molecule has 31 heavy (non-hydrogen) atoms. The highest BCUT2D eigenvalue weighted by Crippen LogP contribution is 2.35. The van der Waals surface area contributed by atoms with E-state index in [9.17, 15) is 24.9 Å². The van der Waals surface area contributed by atoms with Crippen molar-refractivity contribution < 1.29 is 24.9 Å². The van der Waals surface area contributed by atoms with Crippen molar-refractivity contribution in [2.75, 3.05) is 13.1 Å². The third-order valence-corrected chi connectivity index (χ3v) is 5.47. The van der Waals surface area contributed by atoms with Crippen LogP contribution in [0, 0.1) is 0 Å². The maximum absolute atomic E-state index is 12.8. The van der Waals surface area contributed by atoms with E-state index in [1.165, 1.54) is 0 Å². The molecule has 160 valence electrons. The molecular weight excluding hydrogens is 398 g/mol. The average molecular weight is 421 g/mol. The van der Waals surface area contributed by atoms with Gasteiger partial charge in [0.2, 0.25) is 0 Å². The molecular formula is C23H23N3O5. The van der Waals surface area contributed by atoms with Gasteiger partial charge in [0.05, 0.1) is 0 Å². The van der Waals surface area contributed by atoms with Crippen LogP contribution in [-0.2, 0) is 0 Å². The lowest BCUT2D eigenvalue weighted by Crippen LogP contribution is -2.46. The van der Waals surface area contributed by atoms with Crippen molar-refractivity contribution >= 4 is 11.8 Å². The van der Waals surface area contributed by atoms with Crippen LogP contribution >= 0.6 is 0 Å². The maximum Gasteiger partial charge on any atom is 0.253 e. The third kappa shape index (κ3) is 4.32. The number of hydrogen-bond acceptors (Lipinski definition) is 5. The van der Waals surface area contributed by atoms with Gasteiger partial charge in [-0.25, -0.2) is 0 Å². The monoisotopic (exact) mass is 421 g/mol. The van der Waals surface area contributed by atoms with Crippen LogP contribution in [0.15, 0.2) is 60.9 Å². The van der Waals surface area contributed by atoms with Gasteiger partial charge < -0.3 is 30.1 Å². The first-order valence-corrected chi connectivity index (χ1v) is 10.0. The van der Waals surface area contributed by atoms with E-state index in [0.717, 1.165) is 17.8 Å². The van der Waals surface area contributed by atoms with Gasteiger partial charge in [-0.05, 0) is 61.4 Å². The van der Waals surface area contributed by atoms with Crippen molar-refractivity contribution in [2.24, 2.45) is 0 Å². The second-order valence-corrected chi connectivity index (χ2v) is 7.54. The first-order valence-electron chi connectivity index (χ1n) is 10.0. The number of hydrogen-bond donors (Lipinski definition) is 4. The largest absolute Gasteiger partial charge is 0.504 e. The molecule has 2 aromatic carbocycles. The van der Waals surface area contributed by atoms with Gasteiger partial charge in [-0.2, -0.15) is 0 Å². The van der Waals surface area contributed by atoms with Gasteiger partial charge >= 0.3 is 0 Å². The quantitative estimate of drug-likeness (QED) is 0.484. The molecule has 1 saturated heterocycles. The number of nitrogens with one attached hydrogen (secondary N) is 1. The lowest BCUT2D eigenvalue weighted by atomic mass is 10.0. The SMILES string of the molecule is O=C(NC1CCN(C(=O)c2ccc(-n3cccc3)cc2)CC1)c1cc(O)c(O)c(O)c1. The number of aromatic nitrogens is 1. The highest BCUT2D eigenvalue weighted by atomic mass is 16.3. The van der Waals surface area contributed by atoms with E-state index in [1.807, 2.05) is 53.4 Å². The van der Waals surface area contributed by atoms with Crippen LogP contribution in [0.4, 0.5) is 0 Å². The molecule has 0 spiro atoms. The fourth-order valence-electron chi connectivity index (χ4n) is 3.70. The van der Waals surface area contributed by atoms with Gasteiger partial charge in [0.1, 0.15) is 0 Å². The van der Waals surface area contributed by atoms with Gasteiger partial charge in [-0.15, -0.1) is 0 Å². The molecule has 1 aliphatic rings. The Bertz CT molecular complexity index is 1060. The lowest BCUT2D eigenvalue weighted by Gasteiger charge is -2.32. The summed E-state index contributed by atoms with van der Waals surface area (Å²) in [5.74, 6) is -2.29. The van der Waals surface area contributed by atoms with Crippen LogP contribution in [0.5, 0.6) is 17.2 Å². The molecule has 8 heteroatoms. The Morgan fingerprint density at radius 3 is 2.03 bits per heavy atom. The molecule has 2 heterocycles. The summed E-state index contributed by atoms with van der Waals surface area (Å²) in [6.45, 7) is 1.02. The van der Waals surface area contributed by atoms with E-state index in [1.54, 1.807) is 4.90 Å². The molecule has 1 aliphatic heterocycles. The number of benzene rings is 2. The molecule has 0 aliphatic carbocycles. The van der Waals surface area contributed by atoms with Gasteiger partial charge in [0.15, 0.2) is 17.2 Å². The number of nitrogens with zero attached hydrogens (tertiary/aromatic N) is 2. The Kier molecular flexibility index (Phi) is 5.53. The highest BCUT2D eigenvalue weighted by Gasteiger charge is 2.25. The van der Waals surface area contributed by atoms with Crippen LogP contribution in [0.2, 0.25) is 0 Å². The fraction of sp³-hybridized carbons (Fsp3) is 0.217. The van der Waals surface area contributed by atoms with Gasteiger partial charge in [0.25, 0.3) is 11.8 Å². The van der Waals surface area contributed by atoms with E-state index in [4.69, 9.17) is 0 Å². The minimum atomic E-state index is -0.662. The van der Waals surface area contributed by atoms with Crippen molar-refractivity contribution in [3.63, 3.8) is 0 Å². The molecule has 0 saturated carbocycles. The molecule has 4 N–H and O–H groups in total. The van der Waals surface area contributed by atoms with Crippen molar-refractivity contribution in [3.8, 4) is 22.9 Å². The van der Waals surface area contributed by atoms with Crippen molar-refractivity contribution in [1.29, 1.82) is 0 Å². The first-order chi connectivity index (χ1) is 14.9. The van der Waals surface area contributed by atoms with Crippen LogP contribution in [0.25, 0.3) is 5.69 Å². The zero-order valence-electron chi connectivity index (χ0n) is 16.7. The Morgan fingerprint density at radius 1 is 0.871 bits per heavy atom. The Hall–Kier alpha value is -3.94. The number of piperidine rings is 1. The molecule has 0 radical (unpaired) electrons. The number of phenols is 3. The number of carbonyl (C=O) groups is 2. The van der Waals surface area contributed by atoms with Gasteiger partial charge in [-0.1, -0.05) is 0 Å². The van der Waals surface area contributed by atoms with Gasteiger partial charge in [0, 0.05) is 48.3 Å². The van der Waals surface area contributed by atoms with Crippen molar-refractivity contribution in [2.45, 2.75) is 18.9 Å². The predicted molar refractivity (Wildman–Crippen MR) is 114 cm³/mol. The maximum atomic E-state index is 12.8.